The third-order valence-electron chi connectivity index (χ3n) is 3.03. The maximum Gasteiger partial charge on any atom is 0.165 e. The van der Waals surface area contributed by atoms with E-state index < -0.39 is 24.5 Å². The van der Waals surface area contributed by atoms with Gasteiger partial charge in [0.25, 0.3) is 0 Å². The summed E-state index contributed by atoms with van der Waals surface area (Å²) in [4.78, 5) is 12.0. The molecule has 2 aromatic rings. The van der Waals surface area contributed by atoms with Gasteiger partial charge in [0.05, 0.1) is 19.1 Å². The van der Waals surface area contributed by atoms with Gasteiger partial charge < -0.3 is 25.5 Å². The van der Waals surface area contributed by atoms with E-state index in [2.05, 4.69) is 15.0 Å². The van der Waals surface area contributed by atoms with Gasteiger partial charge in [-0.2, -0.15) is 0 Å². The van der Waals surface area contributed by atoms with E-state index in [9.17, 15) is 10.2 Å². The Hall–Kier alpha value is -1.65. The summed E-state index contributed by atoms with van der Waals surface area (Å²) in [5.41, 5.74) is 1.06. The van der Waals surface area contributed by atoms with Crippen molar-refractivity contribution in [3.8, 4) is 0 Å². The fourth-order valence-corrected chi connectivity index (χ4v) is 2.08. The molecule has 0 radical (unpaired) electrons. The smallest absolute Gasteiger partial charge is 0.165 e. The average Bonchev–Trinajstić information content (AvgIpc) is 2.93. The van der Waals surface area contributed by atoms with E-state index in [1.807, 2.05) is 0 Å². The highest BCUT2D eigenvalue weighted by Gasteiger charge is 2.43. The third kappa shape index (κ3) is 2.07. The summed E-state index contributed by atoms with van der Waals surface area (Å²) in [6, 6.07) is 0. The molecule has 0 bridgehead atoms. The van der Waals surface area contributed by atoms with Crippen molar-refractivity contribution in [3.05, 3.63) is 18.9 Å². The molecule has 1 aliphatic rings. The van der Waals surface area contributed by atoms with Crippen molar-refractivity contribution >= 4 is 11.2 Å². The minimum Gasteiger partial charge on any atom is -0.412 e. The van der Waals surface area contributed by atoms with Gasteiger partial charge in [0.2, 0.25) is 0 Å². The Morgan fingerprint density at radius 3 is 2.74 bits per heavy atom. The first-order valence-corrected chi connectivity index (χ1v) is 5.47. The van der Waals surface area contributed by atoms with Crippen LogP contribution in [0.3, 0.4) is 0 Å². The Bertz CT molecular complexity index is 562. The van der Waals surface area contributed by atoms with Crippen molar-refractivity contribution in [1.29, 1.82) is 0 Å². The molecule has 0 amide bonds. The molecule has 1 fully saturated rings. The lowest BCUT2D eigenvalue weighted by molar-refractivity contribution is -0.0511. The zero-order valence-electron chi connectivity index (χ0n) is 9.79. The minimum atomic E-state index is -1.14. The number of rotatable bonds is 2. The SMILES string of the molecule is O.OCC1OC(n2cnc3cncnc32)C(O)C1O. The number of hydrogen-bond donors (Lipinski definition) is 3. The molecule has 0 aliphatic carbocycles. The van der Waals surface area contributed by atoms with Crippen LogP contribution in [-0.2, 0) is 4.74 Å². The van der Waals surface area contributed by atoms with Crippen molar-refractivity contribution in [1.82, 2.24) is 19.5 Å². The third-order valence-corrected chi connectivity index (χ3v) is 3.03. The molecule has 0 aromatic carbocycles. The number of ether oxygens (including phenoxy) is 1. The minimum absolute atomic E-state index is 0. The summed E-state index contributed by atoms with van der Waals surface area (Å²) in [5, 5.41) is 28.6. The van der Waals surface area contributed by atoms with Crippen LogP contribution in [0, 0.1) is 0 Å². The van der Waals surface area contributed by atoms with Crippen LogP contribution in [0.2, 0.25) is 0 Å². The monoisotopic (exact) mass is 270 g/mol. The molecule has 1 saturated heterocycles. The summed E-state index contributed by atoms with van der Waals surface area (Å²) in [6.45, 7) is -0.365. The molecule has 104 valence electrons. The molecule has 2 aromatic heterocycles. The highest BCUT2D eigenvalue weighted by molar-refractivity contribution is 5.68. The van der Waals surface area contributed by atoms with Gasteiger partial charge in [-0.3, -0.25) is 4.57 Å². The van der Waals surface area contributed by atoms with Crippen LogP contribution in [0.25, 0.3) is 11.2 Å². The van der Waals surface area contributed by atoms with Crippen molar-refractivity contribution in [2.45, 2.75) is 24.5 Å². The quantitative estimate of drug-likeness (QED) is 0.552. The molecule has 9 heteroatoms. The number of fused-ring (bicyclic) bond motifs is 1. The van der Waals surface area contributed by atoms with E-state index in [1.165, 1.54) is 17.2 Å². The van der Waals surface area contributed by atoms with Gasteiger partial charge >= 0.3 is 0 Å². The Morgan fingerprint density at radius 2 is 2.05 bits per heavy atom. The molecule has 9 nitrogen and oxygen atoms in total. The molecule has 0 spiro atoms. The Morgan fingerprint density at radius 1 is 1.26 bits per heavy atom. The van der Waals surface area contributed by atoms with E-state index in [0.29, 0.717) is 11.2 Å². The number of aromatic nitrogens is 4. The second kappa shape index (κ2) is 5.15. The molecule has 3 heterocycles. The fraction of sp³-hybridized carbons (Fsp3) is 0.500. The largest absolute Gasteiger partial charge is 0.412 e. The number of hydrogen-bond acceptors (Lipinski definition) is 7. The fourth-order valence-electron chi connectivity index (χ4n) is 2.08. The first-order chi connectivity index (χ1) is 8.72. The highest BCUT2D eigenvalue weighted by atomic mass is 16.6. The van der Waals surface area contributed by atoms with Gasteiger partial charge in [-0.15, -0.1) is 0 Å². The van der Waals surface area contributed by atoms with Gasteiger partial charge in [0.15, 0.2) is 11.9 Å². The summed E-state index contributed by atoms with van der Waals surface area (Å²) >= 11 is 0. The Balaban J connectivity index is 0.00000133. The predicted octanol–water partition coefficient (Wildman–Crippen LogP) is -2.39. The lowest BCUT2D eigenvalue weighted by atomic mass is 10.1. The van der Waals surface area contributed by atoms with Crippen LogP contribution in [-0.4, -0.2) is 65.2 Å². The number of imidazole rings is 1. The molecule has 1 aliphatic heterocycles. The van der Waals surface area contributed by atoms with Gasteiger partial charge in [0, 0.05) is 0 Å². The van der Waals surface area contributed by atoms with E-state index in [4.69, 9.17) is 9.84 Å². The summed E-state index contributed by atoms with van der Waals surface area (Å²) in [6.07, 6.45) is 0.442. The summed E-state index contributed by atoms with van der Waals surface area (Å²) in [7, 11) is 0. The molecular weight excluding hydrogens is 256 g/mol. The molecular formula is C10H14N4O5. The van der Waals surface area contributed by atoms with Crippen LogP contribution in [0.15, 0.2) is 18.9 Å². The van der Waals surface area contributed by atoms with Gasteiger partial charge in [-0.25, -0.2) is 15.0 Å². The van der Waals surface area contributed by atoms with E-state index in [0.717, 1.165) is 0 Å². The lowest BCUT2D eigenvalue weighted by Crippen LogP contribution is -2.33. The molecule has 0 saturated carbocycles. The highest BCUT2D eigenvalue weighted by Crippen LogP contribution is 2.30. The second-order valence-corrected chi connectivity index (χ2v) is 4.11. The van der Waals surface area contributed by atoms with Crippen molar-refractivity contribution in [3.63, 3.8) is 0 Å². The van der Waals surface area contributed by atoms with Gasteiger partial charge in [0.1, 0.15) is 30.2 Å². The van der Waals surface area contributed by atoms with E-state index in [-0.39, 0.29) is 12.1 Å². The van der Waals surface area contributed by atoms with Gasteiger partial charge in [-0.05, 0) is 0 Å². The van der Waals surface area contributed by atoms with Crippen LogP contribution >= 0.6 is 0 Å². The lowest BCUT2D eigenvalue weighted by Gasteiger charge is -2.16. The van der Waals surface area contributed by atoms with Crippen LogP contribution in [0.1, 0.15) is 6.23 Å². The number of aliphatic hydroxyl groups excluding tert-OH is 3. The molecule has 4 atom stereocenters. The second-order valence-electron chi connectivity index (χ2n) is 4.11. The Labute approximate surface area is 107 Å². The van der Waals surface area contributed by atoms with Gasteiger partial charge in [-0.1, -0.05) is 0 Å². The first kappa shape index (κ1) is 13.8. The average molecular weight is 270 g/mol. The van der Waals surface area contributed by atoms with Crippen LogP contribution < -0.4 is 0 Å². The predicted molar refractivity (Wildman–Crippen MR) is 61.9 cm³/mol. The molecule has 19 heavy (non-hydrogen) atoms. The van der Waals surface area contributed by atoms with E-state index >= 15 is 0 Å². The maximum atomic E-state index is 9.91. The summed E-state index contributed by atoms with van der Waals surface area (Å²) < 4.78 is 6.91. The molecule has 5 N–H and O–H groups in total. The van der Waals surface area contributed by atoms with E-state index in [1.54, 1.807) is 6.20 Å². The zero-order valence-corrected chi connectivity index (χ0v) is 9.79. The van der Waals surface area contributed by atoms with Crippen molar-refractivity contribution in [2.24, 2.45) is 0 Å². The molecule has 4 unspecified atom stereocenters. The van der Waals surface area contributed by atoms with Crippen LogP contribution in [0.5, 0.6) is 0 Å². The zero-order chi connectivity index (χ0) is 12.7. The number of nitrogens with zero attached hydrogens (tertiary/aromatic N) is 4. The normalized spacial score (nSPS) is 30.5. The van der Waals surface area contributed by atoms with Crippen molar-refractivity contribution in [2.75, 3.05) is 6.61 Å². The Kier molecular flexibility index (Phi) is 3.73. The standard InChI is InChI=1S/C10H12N4O4.H2O/c15-2-6-7(16)8(17)10(18-6)14-4-13-5-1-11-3-12-9(5)14;/h1,3-4,6-8,10,15-17H,2H2;1H2. The summed E-state index contributed by atoms with van der Waals surface area (Å²) in [5.74, 6) is 0. The topological polar surface area (TPSA) is 145 Å². The maximum absolute atomic E-state index is 9.91. The van der Waals surface area contributed by atoms with Crippen molar-refractivity contribution < 1.29 is 25.5 Å². The van der Waals surface area contributed by atoms with Crippen LogP contribution in [0.4, 0.5) is 0 Å². The molecule has 3 rings (SSSR count). The number of aliphatic hydroxyl groups is 3. The first-order valence-electron chi connectivity index (χ1n) is 5.47.